The third-order valence-electron chi connectivity index (χ3n) is 9.85. The zero-order valence-electron chi connectivity index (χ0n) is 30.6. The van der Waals surface area contributed by atoms with Gasteiger partial charge in [0.05, 0.1) is 10.9 Å². The molecule has 0 unspecified atom stereocenters. The fourth-order valence-corrected chi connectivity index (χ4v) is 7.60. The van der Waals surface area contributed by atoms with Crippen molar-refractivity contribution in [2.75, 3.05) is 50.1 Å². The summed E-state index contributed by atoms with van der Waals surface area (Å²) in [4.78, 5) is 33.8. The minimum Gasteiger partial charge on any atom is -0.412 e. The maximum absolute atomic E-state index is 13.3. The Labute approximate surface area is 316 Å². The summed E-state index contributed by atoms with van der Waals surface area (Å²) in [7, 11) is -1.09. The molecular formula is C41H47N6O6S+. The number of nitrogens with two attached hydrogens (primary N) is 1. The highest BCUT2D eigenvalue weighted by Crippen LogP contribution is 2.29. The smallest absolute Gasteiger partial charge is 0.324 e. The molecule has 5 aromatic carbocycles. The molecule has 0 radical (unpaired) electrons. The first-order chi connectivity index (χ1) is 25.6. The number of nitrogens with zero attached hydrogens (tertiary/aromatic N) is 4. The van der Waals surface area contributed by atoms with Gasteiger partial charge in [-0.15, -0.1) is 0 Å². The number of urea groups is 1. The zero-order chi connectivity index (χ0) is 37.5. The first-order valence-corrected chi connectivity index (χ1v) is 19.0. The van der Waals surface area contributed by atoms with Crippen LogP contribution in [-0.2, 0) is 16.6 Å². The molecule has 3 amide bonds. The number of nitrogens with one attached hydrogen (secondary N) is 1. The number of quaternary nitrogens is 1. The monoisotopic (exact) mass is 751 g/mol. The largest absolute Gasteiger partial charge is 0.412 e. The molecule has 1 heterocycles. The van der Waals surface area contributed by atoms with Crippen LogP contribution in [0.3, 0.4) is 0 Å². The second-order valence-corrected chi connectivity index (χ2v) is 14.8. The van der Waals surface area contributed by atoms with Gasteiger partial charge >= 0.3 is 6.03 Å². The van der Waals surface area contributed by atoms with Crippen LogP contribution in [0.2, 0.25) is 0 Å². The zero-order valence-corrected chi connectivity index (χ0v) is 31.4. The van der Waals surface area contributed by atoms with Gasteiger partial charge in [-0.25, -0.2) is 23.1 Å². The molecule has 1 aliphatic heterocycles. The minimum atomic E-state index is -4.31. The Bertz CT molecular complexity index is 2140. The maximum atomic E-state index is 13.3. The van der Waals surface area contributed by atoms with Crippen LogP contribution in [0.25, 0.3) is 11.1 Å². The first-order valence-electron chi connectivity index (χ1n) is 17.5. The quantitative estimate of drug-likeness (QED) is 0.129. The number of benzene rings is 5. The van der Waals surface area contributed by atoms with Crippen LogP contribution < -0.4 is 20.0 Å². The van der Waals surface area contributed by atoms with Gasteiger partial charge in [-0.3, -0.25) is 14.6 Å². The molecule has 1 fully saturated rings. The van der Waals surface area contributed by atoms with E-state index in [-0.39, 0.29) is 33.7 Å². The summed E-state index contributed by atoms with van der Waals surface area (Å²) in [6.07, 6.45) is 0. The van der Waals surface area contributed by atoms with Crippen LogP contribution in [0, 0.1) is 0 Å². The van der Waals surface area contributed by atoms with Crippen LogP contribution in [0.1, 0.15) is 34.5 Å². The molecule has 5 aromatic rings. The highest BCUT2D eigenvalue weighted by molar-refractivity contribution is 7.90. The Morgan fingerprint density at radius 3 is 2.07 bits per heavy atom. The molecule has 0 aromatic heterocycles. The van der Waals surface area contributed by atoms with Gasteiger partial charge < -0.3 is 15.3 Å². The summed E-state index contributed by atoms with van der Waals surface area (Å²) in [5, 5.41) is 10.0. The Balaban J connectivity index is 0.00000561. The topological polar surface area (TPSA) is 162 Å². The van der Waals surface area contributed by atoms with Crippen molar-refractivity contribution in [2.45, 2.75) is 24.4 Å². The average Bonchev–Trinajstić information content (AvgIpc) is 3.20. The third-order valence-corrected chi connectivity index (χ3v) is 11.2. The van der Waals surface area contributed by atoms with Gasteiger partial charge in [-0.2, -0.15) is 5.48 Å². The predicted octanol–water partition coefficient (Wildman–Crippen LogP) is 4.80. The van der Waals surface area contributed by atoms with Crippen molar-refractivity contribution in [3.63, 3.8) is 0 Å². The first kappa shape index (κ1) is 39.6. The lowest BCUT2D eigenvalue weighted by Gasteiger charge is -2.36. The van der Waals surface area contributed by atoms with Crippen molar-refractivity contribution in [1.82, 2.24) is 14.5 Å². The van der Waals surface area contributed by atoms with Crippen LogP contribution >= 0.6 is 0 Å². The summed E-state index contributed by atoms with van der Waals surface area (Å²) < 4.78 is 28.7. The Morgan fingerprint density at radius 1 is 0.815 bits per heavy atom. The van der Waals surface area contributed by atoms with Crippen molar-refractivity contribution in [3.8, 4) is 11.1 Å². The van der Waals surface area contributed by atoms with Crippen LogP contribution in [0.15, 0.2) is 132 Å². The van der Waals surface area contributed by atoms with Gasteiger partial charge in [0.25, 0.3) is 15.9 Å². The number of carbonyl (C=O) groups excluding carboxylic acids is 2. The number of sulfonamides is 1. The van der Waals surface area contributed by atoms with Gasteiger partial charge in [0.2, 0.25) is 0 Å². The number of anilines is 2. The van der Waals surface area contributed by atoms with Crippen molar-refractivity contribution >= 4 is 39.0 Å². The summed E-state index contributed by atoms with van der Waals surface area (Å²) in [5.74, 6) is -0.777. The highest BCUT2D eigenvalue weighted by Gasteiger charge is 2.27. The number of carbonyl (C=O) groups is 2. The lowest BCUT2D eigenvalue weighted by molar-refractivity contribution is -0.825. The molecule has 0 aliphatic carbocycles. The lowest BCUT2D eigenvalue weighted by atomic mass is 9.99. The molecule has 1 atom stereocenters. The van der Waals surface area contributed by atoms with E-state index in [9.17, 15) is 23.2 Å². The van der Waals surface area contributed by atoms with E-state index in [0.29, 0.717) is 5.69 Å². The standard InChI is InChI=1S/C41H44N6O5S.H2O/c1-30(31-12-6-4-7-13-31)44(2)41(49)45(3)39-23-22-36(28-38(39)42-50)53(51,52)43-40(48)33-18-20-35(21-19-33)47-26-24-46(25-27-47)29-34-16-10-11-17-37(34)32-14-8-5-9-15-32;/h4-23,28,30,42,50H,24-27,29H2,1-3H3,(H,43,48);1H2/p+1/t30-;/m0./s1. The number of hydrogen-bond donors (Lipinski definition) is 3. The van der Waals surface area contributed by atoms with Gasteiger partial charge in [0, 0.05) is 64.1 Å². The molecule has 282 valence electrons. The second kappa shape index (κ2) is 17.5. The second-order valence-electron chi connectivity index (χ2n) is 13.2. The molecule has 54 heavy (non-hydrogen) atoms. The summed E-state index contributed by atoms with van der Waals surface area (Å²) in [6, 6.07) is 38.7. The molecular weight excluding hydrogens is 705 g/mol. The Kier molecular flexibility index (Phi) is 12.8. The van der Waals surface area contributed by atoms with E-state index in [1.807, 2.05) is 55.5 Å². The average molecular weight is 752 g/mol. The molecule has 12 nitrogen and oxygen atoms in total. The Morgan fingerprint density at radius 2 is 1.43 bits per heavy atom. The summed E-state index contributed by atoms with van der Waals surface area (Å²) in [6.45, 7) is 6.15. The van der Waals surface area contributed by atoms with Gasteiger partial charge in [-0.05, 0) is 65.6 Å². The van der Waals surface area contributed by atoms with Gasteiger partial charge in [0.15, 0.2) is 5.69 Å². The fraction of sp³-hybridized carbons (Fsp3) is 0.220. The van der Waals surface area contributed by atoms with E-state index in [1.165, 1.54) is 39.8 Å². The molecule has 1 aliphatic rings. The van der Waals surface area contributed by atoms with E-state index in [2.05, 4.69) is 63.1 Å². The number of amides is 3. The minimum absolute atomic E-state index is 0. The molecule has 6 N–H and O–H groups in total. The SMILES string of the molecule is C[C@@H](c1ccccc1)N(C)C(=O)N(C)c1ccc(S(=O)(=O)NC(=O)c2ccc(N3CCN(Cc4ccccc4-c4ccccc4)CC3)cc2)cc1[NH2+]O.O. The highest BCUT2D eigenvalue weighted by atomic mass is 32.2. The van der Waals surface area contributed by atoms with Gasteiger partial charge in [-0.1, -0.05) is 84.9 Å². The normalized spacial score (nSPS) is 13.7. The van der Waals surface area contributed by atoms with Crippen LogP contribution in [0.4, 0.5) is 21.9 Å². The number of rotatable bonds is 11. The van der Waals surface area contributed by atoms with E-state index in [0.717, 1.165) is 49.5 Å². The van der Waals surface area contributed by atoms with E-state index in [4.69, 9.17) is 0 Å². The predicted molar refractivity (Wildman–Crippen MR) is 210 cm³/mol. The van der Waals surface area contributed by atoms with Crippen LogP contribution in [0.5, 0.6) is 0 Å². The van der Waals surface area contributed by atoms with Crippen molar-refractivity contribution in [3.05, 3.63) is 144 Å². The fourth-order valence-electron chi connectivity index (χ4n) is 6.60. The molecule has 0 spiro atoms. The number of piperazine rings is 1. The summed E-state index contributed by atoms with van der Waals surface area (Å²) in [5.41, 5.74) is 6.97. The van der Waals surface area contributed by atoms with Crippen molar-refractivity contribution < 1.29 is 34.2 Å². The molecule has 6 rings (SSSR count). The van der Waals surface area contributed by atoms with E-state index < -0.39 is 15.9 Å². The summed E-state index contributed by atoms with van der Waals surface area (Å²) >= 11 is 0. The maximum Gasteiger partial charge on any atom is 0.324 e. The van der Waals surface area contributed by atoms with E-state index in [1.54, 1.807) is 31.1 Å². The van der Waals surface area contributed by atoms with Gasteiger partial charge in [0.1, 0.15) is 5.69 Å². The third kappa shape index (κ3) is 8.96. The Hall–Kier alpha value is -5.57. The molecule has 1 saturated heterocycles. The van der Waals surface area contributed by atoms with Crippen molar-refractivity contribution in [1.29, 1.82) is 0 Å². The molecule has 13 heteroatoms. The number of hydrogen-bond acceptors (Lipinski definition) is 7. The van der Waals surface area contributed by atoms with E-state index >= 15 is 0 Å². The lowest BCUT2D eigenvalue weighted by Crippen LogP contribution is -2.74. The van der Waals surface area contributed by atoms with Crippen LogP contribution in [-0.4, -0.2) is 81.1 Å². The molecule has 0 bridgehead atoms. The van der Waals surface area contributed by atoms with Crippen molar-refractivity contribution in [2.24, 2.45) is 0 Å². The molecule has 0 saturated carbocycles.